The van der Waals surface area contributed by atoms with Gasteiger partial charge < -0.3 is 10.6 Å². The van der Waals surface area contributed by atoms with Crippen molar-refractivity contribution in [1.82, 2.24) is 10.6 Å². The molecule has 8 heteroatoms. The average Bonchev–Trinajstić information content (AvgIpc) is 2.21. The topological polar surface area (TPSA) is 110 Å². The van der Waals surface area contributed by atoms with E-state index in [2.05, 4.69) is 10.6 Å². The van der Waals surface area contributed by atoms with Crippen molar-refractivity contribution < 1.29 is 9.85 Å². The van der Waals surface area contributed by atoms with Crippen LogP contribution < -0.4 is 10.6 Å². The maximum atomic E-state index is 10.6. The summed E-state index contributed by atoms with van der Waals surface area (Å²) in [6.07, 6.45) is 2.04. The average molecular weight is 230 g/mol. The van der Waals surface area contributed by atoms with Gasteiger partial charge in [0.25, 0.3) is 0 Å². The van der Waals surface area contributed by atoms with E-state index in [4.69, 9.17) is 0 Å². The molecule has 0 aliphatic rings. The Balaban J connectivity index is 5.11. The molecule has 90 valence electrons. The SMILES string of the molecule is CCN/C=C(\C(=C/NCC)[N+](=O)[O-])[N+](=O)[O-]. The molecule has 0 aliphatic heterocycles. The van der Waals surface area contributed by atoms with Crippen molar-refractivity contribution in [1.29, 1.82) is 0 Å². The van der Waals surface area contributed by atoms with Gasteiger partial charge in [0, 0.05) is 13.1 Å². The fourth-order valence-electron chi connectivity index (χ4n) is 0.838. The predicted octanol–water partition coefficient (Wildman–Crippen LogP) is 0.442. The number of nitrogens with zero attached hydrogens (tertiary/aromatic N) is 2. The number of hydrogen-bond acceptors (Lipinski definition) is 6. The fourth-order valence-corrected chi connectivity index (χ4v) is 0.838. The third kappa shape index (κ3) is 4.40. The monoisotopic (exact) mass is 230 g/mol. The zero-order valence-electron chi connectivity index (χ0n) is 9.10. The van der Waals surface area contributed by atoms with Crippen LogP contribution in [-0.4, -0.2) is 22.9 Å². The quantitative estimate of drug-likeness (QED) is 0.373. The van der Waals surface area contributed by atoms with Gasteiger partial charge in [-0.1, -0.05) is 0 Å². The Morgan fingerprint density at radius 2 is 1.31 bits per heavy atom. The highest BCUT2D eigenvalue weighted by Crippen LogP contribution is 2.09. The van der Waals surface area contributed by atoms with Crippen LogP contribution in [0.5, 0.6) is 0 Å². The van der Waals surface area contributed by atoms with E-state index in [-0.39, 0.29) is 0 Å². The van der Waals surface area contributed by atoms with E-state index in [0.717, 1.165) is 12.4 Å². The fraction of sp³-hybridized carbons (Fsp3) is 0.500. The molecule has 0 aromatic heterocycles. The van der Waals surface area contributed by atoms with E-state index >= 15 is 0 Å². The molecule has 2 N–H and O–H groups in total. The van der Waals surface area contributed by atoms with Gasteiger partial charge in [-0.25, -0.2) is 0 Å². The lowest BCUT2D eigenvalue weighted by molar-refractivity contribution is -0.480. The number of nitrogens with one attached hydrogen (secondary N) is 2. The Kier molecular flexibility index (Phi) is 6.25. The van der Waals surface area contributed by atoms with E-state index in [1.807, 2.05) is 0 Å². The minimum atomic E-state index is -0.797. The van der Waals surface area contributed by atoms with Gasteiger partial charge in [0.05, 0.1) is 22.2 Å². The van der Waals surface area contributed by atoms with Crippen molar-refractivity contribution in [3.63, 3.8) is 0 Å². The van der Waals surface area contributed by atoms with Gasteiger partial charge in [-0.2, -0.15) is 0 Å². The maximum absolute atomic E-state index is 10.6. The van der Waals surface area contributed by atoms with Gasteiger partial charge in [-0.15, -0.1) is 0 Å². The molecule has 0 saturated carbocycles. The van der Waals surface area contributed by atoms with Crippen LogP contribution in [-0.2, 0) is 0 Å². The lowest BCUT2D eigenvalue weighted by Crippen LogP contribution is -2.17. The Labute approximate surface area is 92.3 Å². The largest absolute Gasteiger partial charge is 0.385 e. The molecule has 0 aromatic rings. The first-order valence-corrected chi connectivity index (χ1v) is 4.70. The molecule has 0 atom stereocenters. The van der Waals surface area contributed by atoms with Crippen molar-refractivity contribution >= 4 is 0 Å². The van der Waals surface area contributed by atoms with E-state index in [1.165, 1.54) is 0 Å². The summed E-state index contributed by atoms with van der Waals surface area (Å²) >= 11 is 0. The normalized spacial score (nSPS) is 12.1. The molecule has 0 saturated heterocycles. The first kappa shape index (κ1) is 13.9. The second-order valence-electron chi connectivity index (χ2n) is 2.69. The summed E-state index contributed by atoms with van der Waals surface area (Å²) in [4.78, 5) is 19.7. The second kappa shape index (κ2) is 7.21. The lowest BCUT2D eigenvalue weighted by atomic mass is 10.3. The Morgan fingerprint density at radius 3 is 1.50 bits per heavy atom. The smallest absolute Gasteiger partial charge is 0.363 e. The molecular formula is C8H14N4O4. The van der Waals surface area contributed by atoms with Gasteiger partial charge in [-0.05, 0) is 13.8 Å². The molecule has 0 aromatic carbocycles. The molecule has 16 heavy (non-hydrogen) atoms. The summed E-state index contributed by atoms with van der Waals surface area (Å²) in [5, 5.41) is 26.4. The molecule has 0 fully saturated rings. The number of nitro groups is 2. The van der Waals surface area contributed by atoms with Crippen molar-refractivity contribution in [3.05, 3.63) is 44.0 Å². The third-order valence-electron chi connectivity index (χ3n) is 1.54. The highest BCUT2D eigenvalue weighted by molar-refractivity contribution is 5.17. The molecule has 0 bridgehead atoms. The Bertz CT molecular complexity index is 292. The van der Waals surface area contributed by atoms with Gasteiger partial charge in [0.15, 0.2) is 0 Å². The third-order valence-corrected chi connectivity index (χ3v) is 1.54. The van der Waals surface area contributed by atoms with Crippen molar-refractivity contribution in [2.45, 2.75) is 13.8 Å². The van der Waals surface area contributed by atoms with Crippen LogP contribution in [0.3, 0.4) is 0 Å². The summed E-state index contributed by atoms with van der Waals surface area (Å²) in [6.45, 7) is 4.36. The highest BCUT2D eigenvalue weighted by Gasteiger charge is 2.28. The van der Waals surface area contributed by atoms with E-state index in [1.54, 1.807) is 13.8 Å². The van der Waals surface area contributed by atoms with Crippen LogP contribution in [0.1, 0.15) is 13.8 Å². The summed E-state index contributed by atoms with van der Waals surface area (Å²) in [5.74, 6) is 0. The summed E-state index contributed by atoms with van der Waals surface area (Å²) in [6, 6.07) is 0. The molecule has 8 nitrogen and oxygen atoms in total. The summed E-state index contributed by atoms with van der Waals surface area (Å²) in [7, 11) is 0. The van der Waals surface area contributed by atoms with E-state index < -0.39 is 21.2 Å². The summed E-state index contributed by atoms with van der Waals surface area (Å²) in [5.41, 5.74) is -1.15. The minimum absolute atomic E-state index is 0.448. The second-order valence-corrected chi connectivity index (χ2v) is 2.69. The maximum Gasteiger partial charge on any atom is 0.363 e. The molecule has 0 radical (unpaired) electrons. The summed E-state index contributed by atoms with van der Waals surface area (Å²) < 4.78 is 0. The lowest BCUT2D eigenvalue weighted by Gasteiger charge is -1.98. The van der Waals surface area contributed by atoms with Crippen LogP contribution in [0, 0.1) is 20.2 Å². The van der Waals surface area contributed by atoms with Gasteiger partial charge in [0.2, 0.25) is 0 Å². The highest BCUT2D eigenvalue weighted by atomic mass is 16.6. The van der Waals surface area contributed by atoms with Crippen LogP contribution in [0.4, 0.5) is 0 Å². The van der Waals surface area contributed by atoms with Crippen LogP contribution in [0.2, 0.25) is 0 Å². The Hall–Kier alpha value is -2.12. The number of rotatable bonds is 7. The standard InChI is InChI=1S/C8H14N4O4/c1-3-9-5-7(11(13)14)8(12(15)16)6-10-4-2/h5-6,9-10H,3-4H2,1-2H3/b7-5+,8-6+. The van der Waals surface area contributed by atoms with E-state index in [9.17, 15) is 20.2 Å². The molecule has 0 unspecified atom stereocenters. The zero-order valence-corrected chi connectivity index (χ0v) is 9.10. The van der Waals surface area contributed by atoms with Crippen molar-refractivity contribution in [2.75, 3.05) is 13.1 Å². The van der Waals surface area contributed by atoms with Gasteiger partial charge in [-0.3, -0.25) is 20.2 Å². The molecule has 0 amide bonds. The molecule has 0 heterocycles. The Morgan fingerprint density at radius 1 is 1.00 bits per heavy atom. The van der Waals surface area contributed by atoms with Crippen molar-refractivity contribution in [3.8, 4) is 0 Å². The van der Waals surface area contributed by atoms with Gasteiger partial charge >= 0.3 is 11.4 Å². The zero-order chi connectivity index (χ0) is 12.6. The first-order chi connectivity index (χ1) is 7.54. The van der Waals surface area contributed by atoms with Crippen LogP contribution in [0.25, 0.3) is 0 Å². The van der Waals surface area contributed by atoms with E-state index in [0.29, 0.717) is 13.1 Å². The first-order valence-electron chi connectivity index (χ1n) is 4.70. The minimum Gasteiger partial charge on any atom is -0.385 e. The van der Waals surface area contributed by atoms with Crippen LogP contribution >= 0.6 is 0 Å². The molecular weight excluding hydrogens is 216 g/mol. The molecule has 0 spiro atoms. The van der Waals surface area contributed by atoms with Gasteiger partial charge in [0.1, 0.15) is 0 Å². The number of hydrogen-bond donors (Lipinski definition) is 2. The molecule has 0 rings (SSSR count). The predicted molar refractivity (Wildman–Crippen MR) is 57.5 cm³/mol. The molecule has 0 aliphatic carbocycles. The van der Waals surface area contributed by atoms with Crippen molar-refractivity contribution in [2.24, 2.45) is 0 Å². The van der Waals surface area contributed by atoms with Crippen LogP contribution in [0.15, 0.2) is 23.8 Å².